The van der Waals surface area contributed by atoms with E-state index in [1.165, 1.54) is 10.6 Å². The Morgan fingerprint density at radius 1 is 1.24 bits per heavy atom. The Balaban J connectivity index is 2.12. The second kappa shape index (κ2) is 5.82. The minimum atomic E-state index is 0.184. The molecule has 0 spiro atoms. The standard InChI is InChI=1S/C14H17NOS/c1-3-17-14-9-5-4-7-12(14)15-11(2)13-8-6-10-16-13/h4-11,15H,3H2,1-2H3. The van der Waals surface area contributed by atoms with Crippen molar-refractivity contribution in [2.45, 2.75) is 24.8 Å². The lowest BCUT2D eigenvalue weighted by Gasteiger charge is -2.15. The van der Waals surface area contributed by atoms with Gasteiger partial charge in [0.15, 0.2) is 0 Å². The van der Waals surface area contributed by atoms with E-state index in [1.807, 2.05) is 23.9 Å². The summed E-state index contributed by atoms with van der Waals surface area (Å²) in [4.78, 5) is 1.29. The van der Waals surface area contributed by atoms with Gasteiger partial charge in [-0.2, -0.15) is 0 Å². The average Bonchev–Trinajstić information content (AvgIpc) is 2.85. The van der Waals surface area contributed by atoms with Crippen LogP contribution in [0.25, 0.3) is 0 Å². The molecule has 0 aliphatic carbocycles. The largest absolute Gasteiger partial charge is 0.467 e. The monoisotopic (exact) mass is 247 g/mol. The summed E-state index contributed by atoms with van der Waals surface area (Å²) >= 11 is 1.85. The van der Waals surface area contributed by atoms with Crippen LogP contribution in [0, 0.1) is 0 Å². The summed E-state index contributed by atoms with van der Waals surface area (Å²) in [6.45, 7) is 4.27. The molecule has 1 aromatic carbocycles. The molecule has 0 amide bonds. The van der Waals surface area contributed by atoms with E-state index in [9.17, 15) is 0 Å². The molecule has 1 heterocycles. The van der Waals surface area contributed by atoms with Crippen molar-refractivity contribution < 1.29 is 4.42 Å². The summed E-state index contributed by atoms with van der Waals surface area (Å²) in [6.07, 6.45) is 1.71. The molecule has 0 fully saturated rings. The lowest BCUT2D eigenvalue weighted by atomic mass is 10.2. The molecule has 17 heavy (non-hydrogen) atoms. The van der Waals surface area contributed by atoms with Gasteiger partial charge >= 0.3 is 0 Å². The zero-order valence-corrected chi connectivity index (χ0v) is 11.0. The zero-order chi connectivity index (χ0) is 12.1. The van der Waals surface area contributed by atoms with Crippen molar-refractivity contribution in [2.24, 2.45) is 0 Å². The molecule has 1 atom stereocenters. The zero-order valence-electron chi connectivity index (χ0n) is 10.1. The van der Waals surface area contributed by atoms with Gasteiger partial charge in [0.05, 0.1) is 12.3 Å². The van der Waals surface area contributed by atoms with Crippen LogP contribution in [0.2, 0.25) is 0 Å². The van der Waals surface area contributed by atoms with Gasteiger partial charge in [-0.05, 0) is 36.9 Å². The highest BCUT2D eigenvalue weighted by molar-refractivity contribution is 7.99. The molecule has 90 valence electrons. The van der Waals surface area contributed by atoms with Crippen molar-refractivity contribution in [2.75, 3.05) is 11.1 Å². The molecule has 0 aliphatic rings. The van der Waals surface area contributed by atoms with E-state index in [0.717, 1.165) is 11.5 Å². The van der Waals surface area contributed by atoms with Crippen LogP contribution < -0.4 is 5.32 Å². The van der Waals surface area contributed by atoms with Crippen LogP contribution in [0.4, 0.5) is 5.69 Å². The lowest BCUT2D eigenvalue weighted by molar-refractivity contribution is 0.490. The van der Waals surface area contributed by atoms with Crippen molar-refractivity contribution in [1.29, 1.82) is 0 Å². The number of thioether (sulfide) groups is 1. The van der Waals surface area contributed by atoms with Crippen LogP contribution >= 0.6 is 11.8 Å². The Bertz CT molecular complexity index is 453. The fourth-order valence-electron chi connectivity index (χ4n) is 1.71. The van der Waals surface area contributed by atoms with E-state index < -0.39 is 0 Å². The average molecular weight is 247 g/mol. The van der Waals surface area contributed by atoms with Crippen LogP contribution in [0.15, 0.2) is 52.0 Å². The van der Waals surface area contributed by atoms with Crippen LogP contribution in [0.1, 0.15) is 25.6 Å². The fraction of sp³-hybridized carbons (Fsp3) is 0.286. The van der Waals surface area contributed by atoms with Gasteiger partial charge in [0.1, 0.15) is 5.76 Å². The maximum Gasteiger partial charge on any atom is 0.125 e. The second-order valence-electron chi connectivity index (χ2n) is 3.81. The maximum atomic E-state index is 5.40. The molecule has 2 rings (SSSR count). The molecular formula is C14H17NOS. The first-order valence-electron chi connectivity index (χ1n) is 5.83. The molecule has 1 N–H and O–H groups in total. The quantitative estimate of drug-likeness (QED) is 0.784. The van der Waals surface area contributed by atoms with Crippen molar-refractivity contribution in [3.05, 3.63) is 48.4 Å². The minimum absolute atomic E-state index is 0.184. The Kier molecular flexibility index (Phi) is 4.15. The predicted octanol–water partition coefficient (Wildman–Crippen LogP) is 4.56. The summed E-state index contributed by atoms with van der Waals surface area (Å²) in [5, 5.41) is 3.48. The van der Waals surface area contributed by atoms with Gasteiger partial charge in [0.25, 0.3) is 0 Å². The fourth-order valence-corrected chi connectivity index (χ4v) is 2.48. The second-order valence-corrected chi connectivity index (χ2v) is 5.12. The SMILES string of the molecule is CCSc1ccccc1NC(C)c1ccco1. The topological polar surface area (TPSA) is 25.2 Å². The molecule has 0 aliphatic heterocycles. The van der Waals surface area contributed by atoms with E-state index in [0.29, 0.717) is 0 Å². The molecule has 0 saturated carbocycles. The van der Waals surface area contributed by atoms with Crippen molar-refractivity contribution in [3.63, 3.8) is 0 Å². The molecular weight excluding hydrogens is 230 g/mol. The molecule has 0 saturated heterocycles. The Labute approximate surface area is 106 Å². The first-order chi connectivity index (χ1) is 8.31. The van der Waals surface area contributed by atoms with Gasteiger partial charge in [0.2, 0.25) is 0 Å². The molecule has 1 aromatic heterocycles. The summed E-state index contributed by atoms with van der Waals surface area (Å²) in [7, 11) is 0. The van der Waals surface area contributed by atoms with E-state index >= 15 is 0 Å². The van der Waals surface area contributed by atoms with Crippen LogP contribution in [-0.4, -0.2) is 5.75 Å². The van der Waals surface area contributed by atoms with Gasteiger partial charge in [-0.25, -0.2) is 0 Å². The van der Waals surface area contributed by atoms with Crippen molar-refractivity contribution >= 4 is 17.4 Å². The summed E-state index contributed by atoms with van der Waals surface area (Å²) in [5.41, 5.74) is 1.17. The van der Waals surface area contributed by atoms with E-state index in [-0.39, 0.29) is 6.04 Å². The van der Waals surface area contributed by atoms with Gasteiger partial charge < -0.3 is 9.73 Å². The third-order valence-corrected chi connectivity index (χ3v) is 3.48. The molecule has 2 aromatic rings. The lowest BCUT2D eigenvalue weighted by Crippen LogP contribution is -2.06. The van der Waals surface area contributed by atoms with Crippen molar-refractivity contribution in [3.8, 4) is 0 Å². The number of para-hydroxylation sites is 1. The Hall–Kier alpha value is -1.35. The minimum Gasteiger partial charge on any atom is -0.467 e. The van der Waals surface area contributed by atoms with Crippen LogP contribution in [0.5, 0.6) is 0 Å². The first-order valence-corrected chi connectivity index (χ1v) is 6.81. The molecule has 0 radical (unpaired) electrons. The van der Waals surface area contributed by atoms with Gasteiger partial charge in [-0.3, -0.25) is 0 Å². The third kappa shape index (κ3) is 3.07. The number of anilines is 1. The summed E-state index contributed by atoms with van der Waals surface area (Å²) in [6, 6.07) is 12.5. The van der Waals surface area contributed by atoms with E-state index in [1.54, 1.807) is 6.26 Å². The third-order valence-electron chi connectivity index (χ3n) is 2.53. The Morgan fingerprint density at radius 3 is 2.76 bits per heavy atom. The number of hydrogen-bond acceptors (Lipinski definition) is 3. The molecule has 0 bridgehead atoms. The molecule has 2 nitrogen and oxygen atoms in total. The van der Waals surface area contributed by atoms with Crippen molar-refractivity contribution in [1.82, 2.24) is 0 Å². The number of rotatable bonds is 5. The highest BCUT2D eigenvalue weighted by Crippen LogP contribution is 2.29. The number of nitrogens with one attached hydrogen (secondary N) is 1. The van der Waals surface area contributed by atoms with E-state index in [2.05, 4.69) is 43.4 Å². The van der Waals surface area contributed by atoms with Crippen LogP contribution in [0.3, 0.4) is 0 Å². The first kappa shape index (κ1) is 12.1. The predicted molar refractivity (Wildman–Crippen MR) is 73.6 cm³/mol. The molecule has 3 heteroatoms. The van der Waals surface area contributed by atoms with Gasteiger partial charge in [-0.1, -0.05) is 19.1 Å². The summed E-state index contributed by atoms with van der Waals surface area (Å²) in [5.74, 6) is 2.04. The van der Waals surface area contributed by atoms with Gasteiger partial charge in [-0.15, -0.1) is 11.8 Å². The number of benzene rings is 1. The molecule has 1 unspecified atom stereocenters. The summed E-state index contributed by atoms with van der Waals surface area (Å²) < 4.78 is 5.40. The van der Waals surface area contributed by atoms with Gasteiger partial charge in [0, 0.05) is 10.6 Å². The highest BCUT2D eigenvalue weighted by Gasteiger charge is 2.09. The smallest absolute Gasteiger partial charge is 0.125 e. The van der Waals surface area contributed by atoms with E-state index in [4.69, 9.17) is 4.42 Å². The highest BCUT2D eigenvalue weighted by atomic mass is 32.2. The number of hydrogen-bond donors (Lipinski definition) is 1. The van der Waals surface area contributed by atoms with Crippen LogP contribution in [-0.2, 0) is 0 Å². The number of furan rings is 1. The maximum absolute atomic E-state index is 5.40. The normalized spacial score (nSPS) is 12.4. The Morgan fingerprint density at radius 2 is 2.06 bits per heavy atom.